The molecule has 0 saturated heterocycles. The van der Waals surface area contributed by atoms with E-state index in [4.69, 9.17) is 11.6 Å². The van der Waals surface area contributed by atoms with Gasteiger partial charge in [0, 0.05) is 5.02 Å². The molecule has 0 aliphatic carbocycles. The highest BCUT2D eigenvalue weighted by molar-refractivity contribution is 7.99. The third-order valence-corrected chi connectivity index (χ3v) is 5.65. The summed E-state index contributed by atoms with van der Waals surface area (Å²) in [6.07, 6.45) is 0.807. The van der Waals surface area contributed by atoms with Crippen LogP contribution in [0.25, 0.3) is 0 Å². The number of aromatic nitrogens is 3. The Kier molecular flexibility index (Phi) is 7.12. The molecule has 0 fully saturated rings. The smallest absolute Gasteiger partial charge is 0.230 e. The van der Waals surface area contributed by atoms with Crippen molar-refractivity contribution in [1.82, 2.24) is 20.1 Å². The van der Waals surface area contributed by atoms with Crippen molar-refractivity contribution in [3.63, 3.8) is 0 Å². The Morgan fingerprint density at radius 3 is 2.54 bits per heavy atom. The van der Waals surface area contributed by atoms with Gasteiger partial charge >= 0.3 is 0 Å². The Balaban J connectivity index is 1.60. The lowest BCUT2D eigenvalue weighted by Crippen LogP contribution is -2.29. The predicted octanol–water partition coefficient (Wildman–Crippen LogP) is 4.65. The molecule has 0 bridgehead atoms. The number of carbonyl (C=O) groups excluding carboxylic acids is 1. The van der Waals surface area contributed by atoms with Crippen molar-refractivity contribution in [1.29, 1.82) is 0 Å². The Morgan fingerprint density at radius 1 is 1.14 bits per heavy atom. The first-order chi connectivity index (χ1) is 13.6. The van der Waals surface area contributed by atoms with E-state index in [1.807, 2.05) is 60.9 Å². The molecule has 1 N–H and O–H groups in total. The van der Waals surface area contributed by atoms with Crippen LogP contribution in [0.2, 0.25) is 5.02 Å². The maximum Gasteiger partial charge on any atom is 0.230 e. The fourth-order valence-electron chi connectivity index (χ4n) is 2.90. The predicted molar refractivity (Wildman–Crippen MR) is 114 cm³/mol. The number of carbonyl (C=O) groups is 1. The van der Waals surface area contributed by atoms with Crippen LogP contribution in [0.5, 0.6) is 0 Å². The lowest BCUT2D eigenvalue weighted by molar-refractivity contribution is -0.119. The molecular formula is C21H23ClN4OS. The van der Waals surface area contributed by atoms with Crippen molar-refractivity contribution in [2.75, 3.05) is 5.75 Å². The molecule has 0 radical (unpaired) electrons. The van der Waals surface area contributed by atoms with Gasteiger partial charge in [0.25, 0.3) is 0 Å². The van der Waals surface area contributed by atoms with E-state index in [2.05, 4.69) is 27.6 Å². The largest absolute Gasteiger partial charge is 0.349 e. The van der Waals surface area contributed by atoms with Crippen LogP contribution in [0.4, 0.5) is 0 Å². The minimum absolute atomic E-state index is 0.0290. The third-order valence-electron chi connectivity index (χ3n) is 4.43. The van der Waals surface area contributed by atoms with E-state index in [-0.39, 0.29) is 17.7 Å². The minimum atomic E-state index is -0.0331. The van der Waals surface area contributed by atoms with Crippen LogP contribution in [0.15, 0.2) is 59.8 Å². The van der Waals surface area contributed by atoms with Crippen LogP contribution >= 0.6 is 23.4 Å². The average Bonchev–Trinajstić information content (AvgIpc) is 3.05. The maximum absolute atomic E-state index is 12.5. The second-order valence-corrected chi connectivity index (χ2v) is 7.85. The SMILES string of the molecule is CCC(NC(=O)CSc1nnc(C)n1Cc1ccccc1)c1ccc(Cl)cc1. The summed E-state index contributed by atoms with van der Waals surface area (Å²) in [6, 6.07) is 17.7. The molecule has 0 aliphatic heterocycles. The number of aryl methyl sites for hydroxylation is 1. The van der Waals surface area contributed by atoms with Gasteiger partial charge in [-0.25, -0.2) is 0 Å². The van der Waals surface area contributed by atoms with Crippen LogP contribution in [0, 0.1) is 6.92 Å². The maximum atomic E-state index is 12.5. The first-order valence-corrected chi connectivity index (χ1v) is 10.5. The van der Waals surface area contributed by atoms with E-state index in [0.29, 0.717) is 11.6 Å². The van der Waals surface area contributed by atoms with Crippen molar-refractivity contribution in [3.8, 4) is 0 Å². The summed E-state index contributed by atoms with van der Waals surface area (Å²) in [7, 11) is 0. The molecule has 1 unspecified atom stereocenters. The molecule has 1 aromatic heterocycles. The van der Waals surface area contributed by atoms with Gasteiger partial charge in [-0.1, -0.05) is 72.8 Å². The summed E-state index contributed by atoms with van der Waals surface area (Å²) in [4.78, 5) is 12.5. The van der Waals surface area contributed by atoms with Crippen LogP contribution in [-0.4, -0.2) is 26.4 Å². The van der Waals surface area contributed by atoms with E-state index in [9.17, 15) is 4.79 Å². The number of hydrogen-bond donors (Lipinski definition) is 1. The molecule has 1 heterocycles. The number of hydrogen-bond acceptors (Lipinski definition) is 4. The van der Waals surface area contributed by atoms with Gasteiger partial charge in [0.15, 0.2) is 5.16 Å². The molecule has 7 heteroatoms. The first kappa shape index (κ1) is 20.4. The van der Waals surface area contributed by atoms with Crippen LogP contribution in [-0.2, 0) is 11.3 Å². The number of halogens is 1. The highest BCUT2D eigenvalue weighted by Crippen LogP contribution is 2.21. The zero-order valence-electron chi connectivity index (χ0n) is 15.9. The summed E-state index contributed by atoms with van der Waals surface area (Å²) in [5, 5.41) is 12.9. The van der Waals surface area contributed by atoms with E-state index >= 15 is 0 Å². The number of nitrogens with one attached hydrogen (secondary N) is 1. The van der Waals surface area contributed by atoms with Crippen molar-refractivity contribution in [3.05, 3.63) is 76.6 Å². The quantitative estimate of drug-likeness (QED) is 0.545. The van der Waals surface area contributed by atoms with Crippen LogP contribution in [0.3, 0.4) is 0 Å². The van der Waals surface area contributed by atoms with Gasteiger partial charge in [0.1, 0.15) is 5.82 Å². The number of nitrogens with zero attached hydrogens (tertiary/aromatic N) is 3. The summed E-state index contributed by atoms with van der Waals surface area (Å²) >= 11 is 7.35. The molecule has 1 atom stereocenters. The second-order valence-electron chi connectivity index (χ2n) is 6.47. The topological polar surface area (TPSA) is 59.8 Å². The zero-order chi connectivity index (χ0) is 19.9. The molecule has 1 amide bonds. The van der Waals surface area contributed by atoms with Gasteiger partial charge < -0.3 is 9.88 Å². The van der Waals surface area contributed by atoms with Gasteiger partial charge in [-0.3, -0.25) is 4.79 Å². The molecule has 3 aromatic rings. The van der Waals surface area contributed by atoms with Crippen molar-refractivity contribution in [2.45, 2.75) is 38.0 Å². The summed E-state index contributed by atoms with van der Waals surface area (Å²) < 4.78 is 2.03. The van der Waals surface area contributed by atoms with Gasteiger partial charge in [-0.2, -0.15) is 0 Å². The highest BCUT2D eigenvalue weighted by atomic mass is 35.5. The van der Waals surface area contributed by atoms with E-state index < -0.39 is 0 Å². The van der Waals surface area contributed by atoms with E-state index in [0.717, 1.165) is 23.0 Å². The fourth-order valence-corrected chi connectivity index (χ4v) is 3.82. The Hall–Kier alpha value is -2.31. The first-order valence-electron chi connectivity index (χ1n) is 9.18. The zero-order valence-corrected chi connectivity index (χ0v) is 17.5. The molecular weight excluding hydrogens is 392 g/mol. The van der Waals surface area contributed by atoms with Crippen molar-refractivity contribution in [2.24, 2.45) is 0 Å². The fraction of sp³-hybridized carbons (Fsp3) is 0.286. The second kappa shape index (κ2) is 9.75. The molecule has 3 rings (SSSR count). The monoisotopic (exact) mass is 414 g/mol. The number of rotatable bonds is 8. The summed E-state index contributed by atoms with van der Waals surface area (Å²) in [5.41, 5.74) is 2.22. The number of thioether (sulfide) groups is 1. The normalized spacial score (nSPS) is 12.0. The number of benzene rings is 2. The molecule has 146 valence electrons. The van der Waals surface area contributed by atoms with Crippen molar-refractivity contribution < 1.29 is 4.79 Å². The van der Waals surface area contributed by atoms with Crippen LogP contribution in [0.1, 0.15) is 36.3 Å². The van der Waals surface area contributed by atoms with Gasteiger partial charge in [0.05, 0.1) is 18.3 Å². The van der Waals surface area contributed by atoms with Gasteiger partial charge in [0.2, 0.25) is 5.91 Å². The molecule has 0 spiro atoms. The summed E-state index contributed by atoms with van der Waals surface area (Å²) in [5.74, 6) is 1.09. The summed E-state index contributed by atoms with van der Waals surface area (Å²) in [6.45, 7) is 4.66. The molecule has 2 aromatic carbocycles. The lowest BCUT2D eigenvalue weighted by atomic mass is 10.0. The Labute approximate surface area is 174 Å². The number of amides is 1. The van der Waals surface area contributed by atoms with Gasteiger partial charge in [-0.05, 0) is 36.6 Å². The Morgan fingerprint density at radius 2 is 1.86 bits per heavy atom. The highest BCUT2D eigenvalue weighted by Gasteiger charge is 2.15. The minimum Gasteiger partial charge on any atom is -0.349 e. The standard InChI is InChI=1S/C21H23ClN4OS/c1-3-19(17-9-11-18(22)12-10-17)23-20(27)14-28-21-25-24-15(2)26(21)13-16-7-5-4-6-8-16/h4-12,19H,3,13-14H2,1-2H3,(H,23,27). The molecule has 5 nitrogen and oxygen atoms in total. The van der Waals surface area contributed by atoms with E-state index in [1.165, 1.54) is 17.3 Å². The Bertz CT molecular complexity index is 912. The third kappa shape index (κ3) is 5.36. The molecule has 0 aliphatic rings. The molecule has 0 saturated carbocycles. The van der Waals surface area contributed by atoms with Gasteiger partial charge in [-0.15, -0.1) is 10.2 Å². The van der Waals surface area contributed by atoms with Crippen molar-refractivity contribution >= 4 is 29.3 Å². The molecule has 28 heavy (non-hydrogen) atoms. The lowest BCUT2D eigenvalue weighted by Gasteiger charge is -2.17. The average molecular weight is 415 g/mol. The van der Waals surface area contributed by atoms with E-state index in [1.54, 1.807) is 0 Å². The van der Waals surface area contributed by atoms with Crippen LogP contribution < -0.4 is 5.32 Å².